The second-order valence-electron chi connectivity index (χ2n) is 3.60. The SMILES string of the molecule is Brc1cc(Oc2cc(Br)c(Br)c(Br)c2Br)cc(Br)c1Br. The molecular formula is C12H3Br7O. The molecule has 0 unspecified atom stereocenters. The molecule has 20 heavy (non-hydrogen) atoms. The van der Waals surface area contributed by atoms with Gasteiger partial charge in [-0.1, -0.05) is 0 Å². The first-order chi connectivity index (χ1) is 9.31. The van der Waals surface area contributed by atoms with Gasteiger partial charge >= 0.3 is 0 Å². The maximum Gasteiger partial charge on any atom is 0.143 e. The third-order valence-electron chi connectivity index (χ3n) is 2.25. The van der Waals surface area contributed by atoms with Crippen molar-refractivity contribution >= 4 is 112 Å². The lowest BCUT2D eigenvalue weighted by Crippen LogP contribution is -1.89. The van der Waals surface area contributed by atoms with Gasteiger partial charge in [-0.15, -0.1) is 0 Å². The Hall–Kier alpha value is 1.60. The van der Waals surface area contributed by atoms with E-state index in [1.807, 2.05) is 18.2 Å². The highest BCUT2D eigenvalue weighted by Crippen LogP contribution is 2.45. The number of benzene rings is 2. The van der Waals surface area contributed by atoms with Crippen LogP contribution in [0, 0.1) is 0 Å². The van der Waals surface area contributed by atoms with E-state index in [-0.39, 0.29) is 0 Å². The monoisotopic (exact) mass is 715 g/mol. The molecule has 0 aliphatic carbocycles. The van der Waals surface area contributed by atoms with E-state index in [2.05, 4.69) is 112 Å². The van der Waals surface area contributed by atoms with Gasteiger partial charge in [-0.3, -0.25) is 0 Å². The molecule has 0 bridgehead atoms. The van der Waals surface area contributed by atoms with E-state index in [0.717, 1.165) is 31.3 Å². The van der Waals surface area contributed by atoms with Crippen molar-refractivity contribution in [2.45, 2.75) is 0 Å². The van der Waals surface area contributed by atoms with Gasteiger partial charge in [0.15, 0.2) is 0 Å². The number of rotatable bonds is 2. The van der Waals surface area contributed by atoms with Crippen molar-refractivity contribution in [3.63, 3.8) is 0 Å². The lowest BCUT2D eigenvalue weighted by atomic mass is 10.3. The predicted octanol–water partition coefficient (Wildman–Crippen LogP) is 8.82. The van der Waals surface area contributed by atoms with E-state index in [4.69, 9.17) is 4.74 Å². The third-order valence-corrected chi connectivity index (χ3v) is 10.0. The van der Waals surface area contributed by atoms with Gasteiger partial charge in [-0.25, -0.2) is 0 Å². The van der Waals surface area contributed by atoms with Crippen LogP contribution < -0.4 is 4.74 Å². The summed E-state index contributed by atoms with van der Waals surface area (Å²) in [6.07, 6.45) is 0. The van der Waals surface area contributed by atoms with E-state index in [1.54, 1.807) is 0 Å². The average Bonchev–Trinajstić information content (AvgIpc) is 2.39. The summed E-state index contributed by atoms with van der Waals surface area (Å²) in [6.45, 7) is 0. The van der Waals surface area contributed by atoms with Gasteiger partial charge in [0.05, 0.1) is 8.95 Å². The van der Waals surface area contributed by atoms with E-state index in [0.29, 0.717) is 11.5 Å². The average molecular weight is 722 g/mol. The quantitative estimate of drug-likeness (QED) is 0.223. The summed E-state index contributed by atoms with van der Waals surface area (Å²) < 4.78 is 12.2. The van der Waals surface area contributed by atoms with Crippen LogP contribution in [0.15, 0.2) is 49.5 Å². The molecule has 0 N–H and O–H groups in total. The third kappa shape index (κ3) is 3.92. The van der Waals surface area contributed by atoms with Crippen LogP contribution in [0.3, 0.4) is 0 Å². The Kier molecular flexibility index (Phi) is 6.68. The van der Waals surface area contributed by atoms with Crippen molar-refractivity contribution in [2.24, 2.45) is 0 Å². The van der Waals surface area contributed by atoms with Gasteiger partial charge in [0.1, 0.15) is 11.5 Å². The summed E-state index contributed by atoms with van der Waals surface area (Å²) >= 11 is 24.4. The summed E-state index contributed by atoms with van der Waals surface area (Å²) in [4.78, 5) is 0. The van der Waals surface area contributed by atoms with Crippen molar-refractivity contribution in [2.75, 3.05) is 0 Å². The second-order valence-corrected chi connectivity index (χ2v) is 9.34. The Bertz CT molecular complexity index is 661. The zero-order valence-electron chi connectivity index (χ0n) is 9.29. The molecule has 2 aromatic rings. The minimum Gasteiger partial charge on any atom is -0.456 e. The van der Waals surface area contributed by atoms with Crippen LogP contribution in [-0.4, -0.2) is 0 Å². The van der Waals surface area contributed by atoms with Crippen LogP contribution in [0.1, 0.15) is 0 Å². The second kappa shape index (κ2) is 7.45. The molecule has 0 saturated carbocycles. The molecule has 0 amide bonds. The smallest absolute Gasteiger partial charge is 0.143 e. The van der Waals surface area contributed by atoms with Gasteiger partial charge in [-0.2, -0.15) is 0 Å². The van der Waals surface area contributed by atoms with Crippen molar-refractivity contribution in [3.05, 3.63) is 49.5 Å². The Morgan fingerprint density at radius 3 is 1.60 bits per heavy atom. The molecule has 0 atom stereocenters. The lowest BCUT2D eigenvalue weighted by Gasteiger charge is -2.13. The standard InChI is InChI=1S/C12H3Br7O/c13-5-1-4(2-6(14)9(5)16)20-8-3-7(15)10(17)12(19)11(8)18/h1-3H. The molecule has 0 radical (unpaired) electrons. The number of ether oxygens (including phenoxy) is 1. The van der Waals surface area contributed by atoms with Gasteiger partial charge in [0.2, 0.25) is 0 Å². The lowest BCUT2D eigenvalue weighted by molar-refractivity contribution is 0.478. The Balaban J connectivity index is 2.45. The summed E-state index contributed by atoms with van der Waals surface area (Å²) in [6, 6.07) is 5.68. The van der Waals surface area contributed by atoms with Gasteiger partial charge in [-0.05, 0) is 130 Å². The molecule has 0 fully saturated rings. The molecule has 0 aliphatic rings. The summed E-state index contributed by atoms with van der Waals surface area (Å²) in [5.41, 5.74) is 0. The van der Waals surface area contributed by atoms with E-state index < -0.39 is 0 Å². The number of hydrogen-bond donors (Lipinski definition) is 0. The highest BCUT2D eigenvalue weighted by Gasteiger charge is 2.14. The van der Waals surface area contributed by atoms with E-state index in [1.165, 1.54) is 0 Å². The highest BCUT2D eigenvalue weighted by atomic mass is 79.9. The molecule has 2 aromatic carbocycles. The zero-order chi connectivity index (χ0) is 15.0. The fourth-order valence-electron chi connectivity index (χ4n) is 1.34. The van der Waals surface area contributed by atoms with Crippen LogP contribution in [0.2, 0.25) is 0 Å². The highest BCUT2D eigenvalue weighted by molar-refractivity contribution is 9.15. The van der Waals surface area contributed by atoms with Gasteiger partial charge < -0.3 is 4.74 Å². The minimum atomic E-state index is 0.702. The van der Waals surface area contributed by atoms with Crippen LogP contribution in [0.25, 0.3) is 0 Å². The van der Waals surface area contributed by atoms with E-state index in [9.17, 15) is 0 Å². The normalized spacial score (nSPS) is 10.8. The fourth-order valence-corrected chi connectivity index (χ4v) is 4.77. The molecular weight excluding hydrogens is 719 g/mol. The number of halogens is 7. The summed E-state index contributed by atoms with van der Waals surface area (Å²) in [5, 5.41) is 0. The topological polar surface area (TPSA) is 9.23 Å². The molecule has 1 nitrogen and oxygen atoms in total. The maximum atomic E-state index is 5.93. The van der Waals surface area contributed by atoms with Crippen LogP contribution in [-0.2, 0) is 0 Å². The van der Waals surface area contributed by atoms with Crippen LogP contribution in [0.4, 0.5) is 0 Å². The summed E-state index contributed by atoms with van der Waals surface area (Å²) in [7, 11) is 0. The van der Waals surface area contributed by atoms with Crippen LogP contribution >= 0.6 is 112 Å². The van der Waals surface area contributed by atoms with Gasteiger partial charge in [0, 0.05) is 22.4 Å². The molecule has 2 rings (SSSR count). The van der Waals surface area contributed by atoms with Crippen molar-refractivity contribution in [1.29, 1.82) is 0 Å². The van der Waals surface area contributed by atoms with Crippen molar-refractivity contribution in [3.8, 4) is 11.5 Å². The van der Waals surface area contributed by atoms with Crippen molar-refractivity contribution < 1.29 is 4.74 Å². The predicted molar refractivity (Wildman–Crippen MR) is 107 cm³/mol. The molecule has 0 heterocycles. The fraction of sp³-hybridized carbons (Fsp3) is 0. The number of hydrogen-bond acceptors (Lipinski definition) is 1. The molecule has 0 aliphatic heterocycles. The van der Waals surface area contributed by atoms with Crippen LogP contribution in [0.5, 0.6) is 11.5 Å². The summed E-state index contributed by atoms with van der Waals surface area (Å²) in [5.74, 6) is 1.42. The van der Waals surface area contributed by atoms with Gasteiger partial charge in [0.25, 0.3) is 0 Å². The molecule has 0 saturated heterocycles. The van der Waals surface area contributed by atoms with E-state index >= 15 is 0 Å². The molecule has 0 aromatic heterocycles. The Morgan fingerprint density at radius 2 is 1.05 bits per heavy atom. The first kappa shape index (κ1) is 17.9. The minimum absolute atomic E-state index is 0.702. The molecule has 0 spiro atoms. The Morgan fingerprint density at radius 1 is 0.550 bits per heavy atom. The molecule has 106 valence electrons. The largest absolute Gasteiger partial charge is 0.456 e. The first-order valence-corrected chi connectivity index (χ1v) is 10.5. The first-order valence-electron chi connectivity index (χ1n) is 4.96. The Labute approximate surface area is 175 Å². The van der Waals surface area contributed by atoms with Crippen molar-refractivity contribution in [1.82, 2.24) is 0 Å². The zero-order valence-corrected chi connectivity index (χ0v) is 20.4. The molecule has 8 heteroatoms. The maximum absolute atomic E-state index is 5.93.